The van der Waals surface area contributed by atoms with Crippen molar-refractivity contribution in [2.24, 2.45) is 0 Å². The molecule has 2 saturated heterocycles. The fourth-order valence-electron chi connectivity index (χ4n) is 3.19. The minimum Gasteiger partial charge on any atom is -0.306 e. The Labute approximate surface area is 139 Å². The summed E-state index contributed by atoms with van der Waals surface area (Å²) in [6, 6.07) is 4.77. The SMILES string of the molecule is O=C([C@H]1CCCN1)N(C(=O)[C@H]1CCCN1)c1ccc([N+](=O)[O-])cc1. The van der Waals surface area contributed by atoms with Crippen molar-refractivity contribution in [1.82, 2.24) is 10.6 Å². The van der Waals surface area contributed by atoms with Gasteiger partial charge in [0.25, 0.3) is 17.5 Å². The number of nitrogens with zero attached hydrogens (tertiary/aromatic N) is 2. The molecule has 0 aromatic heterocycles. The van der Waals surface area contributed by atoms with Gasteiger partial charge < -0.3 is 10.6 Å². The van der Waals surface area contributed by atoms with Gasteiger partial charge in [0.1, 0.15) is 0 Å². The number of hydrogen-bond acceptors (Lipinski definition) is 6. The number of nitro groups is 1. The number of benzene rings is 1. The van der Waals surface area contributed by atoms with E-state index in [-0.39, 0.29) is 29.6 Å². The maximum absolute atomic E-state index is 12.8. The number of nitro benzene ring substituents is 1. The molecular formula is C16H20N4O4. The van der Waals surface area contributed by atoms with Crippen molar-refractivity contribution in [1.29, 1.82) is 0 Å². The standard InChI is InChI=1S/C16H20N4O4/c21-15(13-3-1-9-17-13)19(16(22)14-4-2-10-18-14)11-5-7-12(8-6-11)20(23)24/h5-8,13-14,17-18H,1-4,9-10H2/t13-,14-/m1/s1. The highest BCUT2D eigenvalue weighted by Crippen LogP contribution is 2.23. The van der Waals surface area contributed by atoms with Crippen LogP contribution in [0.15, 0.2) is 24.3 Å². The molecule has 0 aliphatic carbocycles. The number of rotatable bonds is 4. The monoisotopic (exact) mass is 332 g/mol. The first-order chi connectivity index (χ1) is 11.6. The van der Waals surface area contributed by atoms with Gasteiger partial charge in [0.2, 0.25) is 0 Å². The van der Waals surface area contributed by atoms with Crippen molar-refractivity contribution in [3.05, 3.63) is 34.4 Å². The quantitative estimate of drug-likeness (QED) is 0.483. The Morgan fingerprint density at radius 1 is 1.00 bits per heavy atom. The van der Waals surface area contributed by atoms with Gasteiger partial charge >= 0.3 is 0 Å². The topological polar surface area (TPSA) is 105 Å². The molecule has 2 aliphatic rings. The molecule has 0 spiro atoms. The number of hydrogen-bond donors (Lipinski definition) is 2. The van der Waals surface area contributed by atoms with E-state index in [0.29, 0.717) is 18.5 Å². The molecule has 0 saturated carbocycles. The molecule has 0 unspecified atom stereocenters. The third kappa shape index (κ3) is 3.29. The summed E-state index contributed by atoms with van der Waals surface area (Å²) < 4.78 is 0. The van der Waals surface area contributed by atoms with Crippen LogP contribution >= 0.6 is 0 Å². The zero-order valence-electron chi connectivity index (χ0n) is 13.2. The molecule has 1 aromatic carbocycles. The number of carbonyl (C=O) groups is 2. The summed E-state index contributed by atoms with van der Waals surface area (Å²) in [6.07, 6.45) is 3.15. The zero-order valence-corrected chi connectivity index (χ0v) is 13.2. The molecule has 0 bridgehead atoms. The third-order valence-electron chi connectivity index (χ3n) is 4.48. The van der Waals surface area contributed by atoms with Gasteiger partial charge in [0.05, 0.1) is 22.7 Å². The first-order valence-corrected chi connectivity index (χ1v) is 8.17. The first kappa shape index (κ1) is 16.5. The van der Waals surface area contributed by atoms with Crippen molar-refractivity contribution in [2.45, 2.75) is 37.8 Å². The Hall–Kier alpha value is -2.32. The first-order valence-electron chi connectivity index (χ1n) is 8.17. The summed E-state index contributed by atoms with van der Waals surface area (Å²) in [7, 11) is 0. The molecule has 3 rings (SSSR count). The average molecular weight is 332 g/mol. The molecule has 24 heavy (non-hydrogen) atoms. The highest BCUT2D eigenvalue weighted by Gasteiger charge is 2.36. The number of imide groups is 1. The van der Waals surface area contributed by atoms with Gasteiger partial charge in [-0.05, 0) is 50.9 Å². The van der Waals surface area contributed by atoms with E-state index in [9.17, 15) is 19.7 Å². The normalized spacial score (nSPS) is 23.2. The highest BCUT2D eigenvalue weighted by atomic mass is 16.6. The number of nitrogens with one attached hydrogen (secondary N) is 2. The summed E-state index contributed by atoms with van der Waals surface area (Å²) in [6.45, 7) is 1.50. The van der Waals surface area contributed by atoms with Gasteiger partial charge in [-0.1, -0.05) is 0 Å². The minimum atomic E-state index is -0.505. The van der Waals surface area contributed by atoms with Crippen molar-refractivity contribution >= 4 is 23.2 Å². The van der Waals surface area contributed by atoms with Gasteiger partial charge in [-0.25, -0.2) is 4.90 Å². The summed E-state index contributed by atoms with van der Waals surface area (Å²) in [5.41, 5.74) is 0.301. The van der Waals surface area contributed by atoms with Gasteiger partial charge in [0.15, 0.2) is 0 Å². The number of amides is 2. The van der Waals surface area contributed by atoms with Gasteiger partial charge in [-0.2, -0.15) is 0 Å². The van der Waals surface area contributed by atoms with Crippen molar-refractivity contribution in [3.8, 4) is 0 Å². The minimum absolute atomic E-state index is 0.0726. The zero-order chi connectivity index (χ0) is 17.1. The van der Waals surface area contributed by atoms with E-state index in [1.807, 2.05) is 0 Å². The van der Waals surface area contributed by atoms with Crippen molar-refractivity contribution in [3.63, 3.8) is 0 Å². The van der Waals surface area contributed by atoms with Crippen LogP contribution < -0.4 is 15.5 Å². The van der Waals surface area contributed by atoms with E-state index in [1.54, 1.807) is 0 Å². The van der Waals surface area contributed by atoms with E-state index in [2.05, 4.69) is 10.6 Å². The van der Waals surface area contributed by atoms with Crippen LogP contribution in [0.25, 0.3) is 0 Å². The predicted molar refractivity (Wildman–Crippen MR) is 87.6 cm³/mol. The van der Waals surface area contributed by atoms with Crippen LogP contribution in [-0.4, -0.2) is 41.9 Å². The average Bonchev–Trinajstić information content (AvgIpc) is 3.29. The van der Waals surface area contributed by atoms with Gasteiger partial charge in [-0.15, -0.1) is 0 Å². The van der Waals surface area contributed by atoms with Gasteiger partial charge in [-0.3, -0.25) is 19.7 Å². The van der Waals surface area contributed by atoms with Crippen LogP contribution in [0.5, 0.6) is 0 Å². The van der Waals surface area contributed by atoms with Crippen LogP contribution in [0.1, 0.15) is 25.7 Å². The number of anilines is 1. The number of non-ortho nitro benzene ring substituents is 1. The van der Waals surface area contributed by atoms with Crippen LogP contribution in [0.4, 0.5) is 11.4 Å². The summed E-state index contributed by atoms with van der Waals surface area (Å²) in [5.74, 6) is -0.583. The van der Waals surface area contributed by atoms with Crippen LogP contribution in [0.3, 0.4) is 0 Å². The Morgan fingerprint density at radius 2 is 1.50 bits per heavy atom. The molecular weight excluding hydrogens is 312 g/mol. The number of carbonyl (C=O) groups excluding carboxylic acids is 2. The Kier molecular flexibility index (Phi) is 4.86. The second-order valence-corrected chi connectivity index (χ2v) is 6.08. The third-order valence-corrected chi connectivity index (χ3v) is 4.48. The van der Waals surface area contributed by atoms with Crippen molar-refractivity contribution in [2.75, 3.05) is 18.0 Å². The van der Waals surface area contributed by atoms with Crippen LogP contribution in [-0.2, 0) is 9.59 Å². The van der Waals surface area contributed by atoms with Crippen molar-refractivity contribution < 1.29 is 14.5 Å². The van der Waals surface area contributed by atoms with E-state index in [4.69, 9.17) is 0 Å². The van der Waals surface area contributed by atoms with Crippen LogP contribution in [0, 0.1) is 10.1 Å². The molecule has 2 fully saturated rings. The van der Waals surface area contributed by atoms with E-state index in [0.717, 1.165) is 25.9 Å². The predicted octanol–water partition coefficient (Wildman–Crippen LogP) is 0.958. The molecule has 2 aliphatic heterocycles. The molecule has 8 nitrogen and oxygen atoms in total. The van der Waals surface area contributed by atoms with E-state index in [1.165, 1.54) is 29.2 Å². The maximum Gasteiger partial charge on any atom is 0.269 e. The van der Waals surface area contributed by atoms with Crippen LogP contribution in [0.2, 0.25) is 0 Å². The molecule has 1 aromatic rings. The Morgan fingerprint density at radius 3 is 1.88 bits per heavy atom. The second-order valence-electron chi connectivity index (χ2n) is 6.08. The molecule has 128 valence electrons. The molecule has 2 heterocycles. The van der Waals surface area contributed by atoms with Gasteiger partial charge in [0, 0.05) is 12.1 Å². The fraction of sp³-hybridized carbons (Fsp3) is 0.500. The second kappa shape index (κ2) is 7.06. The lowest BCUT2D eigenvalue weighted by atomic mass is 10.1. The summed E-state index contributed by atoms with van der Waals surface area (Å²) in [4.78, 5) is 37.2. The smallest absolute Gasteiger partial charge is 0.269 e. The lowest BCUT2D eigenvalue weighted by Gasteiger charge is -2.26. The molecule has 8 heteroatoms. The fourth-order valence-corrected chi connectivity index (χ4v) is 3.19. The highest BCUT2D eigenvalue weighted by molar-refractivity contribution is 6.18. The Bertz CT molecular complexity index is 606. The largest absolute Gasteiger partial charge is 0.306 e. The lowest BCUT2D eigenvalue weighted by Crippen LogP contribution is -2.52. The maximum atomic E-state index is 12.8. The molecule has 2 N–H and O–H groups in total. The molecule has 2 atom stereocenters. The van der Waals surface area contributed by atoms with E-state index < -0.39 is 4.92 Å². The summed E-state index contributed by atoms with van der Waals surface area (Å²) >= 11 is 0. The van der Waals surface area contributed by atoms with E-state index >= 15 is 0 Å². The lowest BCUT2D eigenvalue weighted by molar-refractivity contribution is -0.384. The molecule has 2 amide bonds. The molecule has 0 radical (unpaired) electrons. The Balaban J connectivity index is 1.89. The summed E-state index contributed by atoms with van der Waals surface area (Å²) in [5, 5.41) is 17.0.